The van der Waals surface area contributed by atoms with Gasteiger partial charge < -0.3 is 0 Å². The lowest BCUT2D eigenvalue weighted by atomic mass is 9.91. The number of hydrogen-bond donors (Lipinski definition) is 0. The molecule has 0 unspecified atom stereocenters. The topological polar surface area (TPSA) is 0 Å². The molecule has 0 heterocycles. The molecule has 0 amide bonds. The van der Waals surface area contributed by atoms with Crippen LogP contribution in [0.1, 0.15) is 0 Å². The van der Waals surface area contributed by atoms with E-state index in [4.69, 9.17) is 0 Å². The summed E-state index contributed by atoms with van der Waals surface area (Å²) in [7, 11) is 0. The van der Waals surface area contributed by atoms with E-state index in [2.05, 4.69) is 11.6 Å². The van der Waals surface area contributed by atoms with E-state index in [0.29, 0.717) is 0 Å². The molecule has 0 saturated carbocycles. The lowest BCUT2D eigenvalue weighted by Crippen LogP contribution is -2.73. The van der Waals surface area contributed by atoms with Gasteiger partial charge in [0.15, 0.2) is 0 Å². The maximum Gasteiger partial charge on any atom is 0.393 e. The summed E-state index contributed by atoms with van der Waals surface area (Å²) in [6, 6.07) is 0. The quantitative estimate of drug-likeness (QED) is 0.345. The van der Waals surface area contributed by atoms with Crippen LogP contribution in [0, 0.1) is 0 Å². The van der Waals surface area contributed by atoms with Gasteiger partial charge in [0, 0.05) is 0 Å². The van der Waals surface area contributed by atoms with Gasteiger partial charge in [-0.3, -0.25) is 0 Å². The van der Waals surface area contributed by atoms with E-state index in [1.54, 1.807) is 0 Å². The SMILES string of the molecule is FC(F)C(F)(F)C(F)(F)C(F)(F)C(F)(F)C(F)(F)C(F)(F)C(F)(F)Cl. The number of rotatable bonds is 7. The smallest absolute Gasteiger partial charge is 0.203 e. The van der Waals surface area contributed by atoms with Gasteiger partial charge in [-0.1, -0.05) is 0 Å². The van der Waals surface area contributed by atoms with Gasteiger partial charge in [0.1, 0.15) is 0 Å². The van der Waals surface area contributed by atoms with E-state index in [1.165, 1.54) is 0 Å². The lowest BCUT2D eigenvalue weighted by Gasteiger charge is -2.41. The van der Waals surface area contributed by atoms with Crippen molar-refractivity contribution in [2.45, 2.75) is 47.3 Å². The van der Waals surface area contributed by atoms with Crippen molar-refractivity contribution in [3.63, 3.8) is 0 Å². The molecule has 0 saturated heterocycles. The Morgan fingerprint density at radius 2 is 0.680 bits per heavy atom. The van der Waals surface area contributed by atoms with Gasteiger partial charge in [-0.25, -0.2) is 8.78 Å². The van der Waals surface area contributed by atoms with Crippen molar-refractivity contribution >= 4 is 11.6 Å². The summed E-state index contributed by atoms with van der Waals surface area (Å²) in [5.41, 5.74) is 0. The minimum Gasteiger partial charge on any atom is -0.203 e. The molecule has 0 radical (unpaired) electrons. The first kappa shape index (κ1) is 24.2. The van der Waals surface area contributed by atoms with Crippen LogP contribution in [0.3, 0.4) is 0 Å². The molecule has 152 valence electrons. The van der Waals surface area contributed by atoms with Crippen LogP contribution in [0.4, 0.5) is 70.2 Å². The summed E-state index contributed by atoms with van der Waals surface area (Å²) >= 11 is 3.32. The van der Waals surface area contributed by atoms with Crippen molar-refractivity contribution in [2.24, 2.45) is 0 Å². The van der Waals surface area contributed by atoms with Gasteiger partial charge >= 0.3 is 47.3 Å². The molecule has 0 rings (SSSR count). The maximum atomic E-state index is 12.9. The van der Waals surface area contributed by atoms with Gasteiger partial charge in [0.05, 0.1) is 0 Å². The third kappa shape index (κ3) is 2.97. The maximum absolute atomic E-state index is 12.9. The fourth-order valence-electron chi connectivity index (χ4n) is 1.12. The molecule has 0 aliphatic carbocycles. The summed E-state index contributed by atoms with van der Waals surface area (Å²) in [4.78, 5) is 0. The van der Waals surface area contributed by atoms with E-state index in [1.807, 2.05) is 0 Å². The van der Waals surface area contributed by atoms with Crippen LogP contribution in [0.25, 0.3) is 0 Å². The molecule has 0 aromatic rings. The third-order valence-corrected chi connectivity index (χ3v) is 2.86. The van der Waals surface area contributed by atoms with Crippen LogP contribution >= 0.6 is 11.6 Å². The Morgan fingerprint density at radius 1 is 0.440 bits per heavy atom. The summed E-state index contributed by atoms with van der Waals surface area (Å²) in [6.07, 6.45) is -5.85. The summed E-state index contributed by atoms with van der Waals surface area (Å²) in [6.45, 7) is 0. The Labute approximate surface area is 130 Å². The zero-order chi connectivity index (χ0) is 21.1. The van der Waals surface area contributed by atoms with Gasteiger partial charge in [-0.2, -0.15) is 61.5 Å². The van der Waals surface area contributed by atoms with Crippen LogP contribution in [-0.4, -0.2) is 47.3 Å². The molecule has 25 heavy (non-hydrogen) atoms. The van der Waals surface area contributed by atoms with Crippen LogP contribution in [-0.2, 0) is 0 Å². The van der Waals surface area contributed by atoms with Crippen molar-refractivity contribution < 1.29 is 70.2 Å². The van der Waals surface area contributed by atoms with E-state index in [9.17, 15) is 70.2 Å². The van der Waals surface area contributed by atoms with Crippen LogP contribution in [0.5, 0.6) is 0 Å². The standard InChI is InChI=1S/C8HClF16/c9-8(24,25)7(22,23)6(20,21)5(18,19)4(16,17)3(14,15)2(12,13)1(10)11/h1H. The average molecular weight is 437 g/mol. The minimum absolute atomic E-state index is 3.32. The number of alkyl halides is 17. The lowest BCUT2D eigenvalue weighted by molar-refractivity contribution is -0.441. The molecule has 0 aromatic carbocycles. The van der Waals surface area contributed by atoms with E-state index >= 15 is 0 Å². The highest BCUT2D eigenvalue weighted by Crippen LogP contribution is 2.63. The molecule has 0 spiro atoms. The van der Waals surface area contributed by atoms with Gasteiger partial charge in [-0.15, -0.1) is 0 Å². The highest BCUT2D eigenvalue weighted by Gasteiger charge is 2.93. The van der Waals surface area contributed by atoms with Crippen LogP contribution in [0.15, 0.2) is 0 Å². The molecule has 0 bridgehead atoms. The molecule has 0 fully saturated rings. The van der Waals surface area contributed by atoms with Crippen molar-refractivity contribution in [2.75, 3.05) is 0 Å². The monoisotopic (exact) mass is 436 g/mol. The average Bonchev–Trinajstić information content (AvgIpc) is 2.35. The molecular weight excluding hydrogens is 436 g/mol. The Morgan fingerprint density at radius 3 is 0.920 bits per heavy atom. The van der Waals surface area contributed by atoms with Crippen molar-refractivity contribution in [3.05, 3.63) is 0 Å². The largest absolute Gasteiger partial charge is 0.393 e. The fourth-order valence-corrected chi connectivity index (χ4v) is 1.23. The Bertz CT molecular complexity index is 487. The molecule has 0 aromatic heterocycles. The second-order valence-corrected chi connectivity index (χ2v) is 4.77. The normalized spacial score (nSPS) is 16.6. The predicted octanol–water partition coefficient (Wildman–Crippen LogP) is 5.89. The fraction of sp³-hybridized carbons (Fsp3) is 1.00. The molecule has 0 nitrogen and oxygen atoms in total. The van der Waals surface area contributed by atoms with Gasteiger partial charge in [-0.05, 0) is 11.6 Å². The summed E-state index contributed by atoms with van der Waals surface area (Å²) in [5.74, 6) is -48.1. The van der Waals surface area contributed by atoms with Crippen molar-refractivity contribution in [3.8, 4) is 0 Å². The molecule has 0 aliphatic heterocycles. The van der Waals surface area contributed by atoms with Gasteiger partial charge in [0.25, 0.3) is 0 Å². The third-order valence-electron chi connectivity index (χ3n) is 2.63. The summed E-state index contributed by atoms with van der Waals surface area (Å²) < 4.78 is 200. The van der Waals surface area contributed by atoms with E-state index in [-0.39, 0.29) is 0 Å². The number of hydrogen-bond acceptors (Lipinski definition) is 0. The molecule has 0 N–H and O–H groups in total. The zero-order valence-electron chi connectivity index (χ0n) is 10.5. The molecule has 0 atom stereocenters. The molecule has 0 aliphatic rings. The van der Waals surface area contributed by atoms with Crippen LogP contribution in [0.2, 0.25) is 0 Å². The van der Waals surface area contributed by atoms with Crippen molar-refractivity contribution in [1.82, 2.24) is 0 Å². The second kappa shape index (κ2) is 5.84. The highest BCUT2D eigenvalue weighted by molar-refractivity contribution is 6.22. The second-order valence-electron chi connectivity index (χ2n) is 4.29. The molecule has 17 heteroatoms. The predicted molar refractivity (Wildman–Crippen MR) is 46.5 cm³/mol. The summed E-state index contributed by atoms with van der Waals surface area (Å²) in [5, 5.41) is -6.75. The first-order valence-corrected chi connectivity index (χ1v) is 5.44. The van der Waals surface area contributed by atoms with Crippen LogP contribution < -0.4 is 0 Å². The first-order valence-electron chi connectivity index (χ1n) is 5.06. The van der Waals surface area contributed by atoms with E-state index < -0.39 is 47.3 Å². The zero-order valence-corrected chi connectivity index (χ0v) is 11.3. The highest BCUT2D eigenvalue weighted by atomic mass is 35.5. The Hall–Kier alpha value is -0.830. The first-order chi connectivity index (χ1) is 10.4. The Balaban J connectivity index is 6.50. The van der Waals surface area contributed by atoms with E-state index in [0.717, 1.165) is 0 Å². The van der Waals surface area contributed by atoms with Gasteiger partial charge in [0.2, 0.25) is 0 Å². The minimum atomic E-state index is -8.39. The number of halogens is 17. The Kier molecular flexibility index (Phi) is 5.64. The van der Waals surface area contributed by atoms with Crippen molar-refractivity contribution in [1.29, 1.82) is 0 Å². The molecular formula is C8HClF16.